The summed E-state index contributed by atoms with van der Waals surface area (Å²) < 4.78 is 1.37. The predicted octanol–water partition coefficient (Wildman–Crippen LogP) is 4.74. The van der Waals surface area contributed by atoms with E-state index in [-0.39, 0.29) is 11.5 Å². The number of benzene rings is 2. The molecule has 0 radical (unpaired) electrons. The number of hydrogen-bond acceptors (Lipinski definition) is 4. The van der Waals surface area contributed by atoms with Gasteiger partial charge in [0.1, 0.15) is 11.6 Å². The smallest absolute Gasteiger partial charge is 0.280 e. The van der Waals surface area contributed by atoms with Crippen LogP contribution in [0.15, 0.2) is 47.3 Å². The van der Waals surface area contributed by atoms with Crippen LogP contribution in [-0.4, -0.2) is 27.7 Å². The highest BCUT2D eigenvalue weighted by molar-refractivity contribution is 6.31. The fourth-order valence-electron chi connectivity index (χ4n) is 4.21. The maximum absolute atomic E-state index is 13.0. The summed E-state index contributed by atoms with van der Waals surface area (Å²) in [6.07, 6.45) is 1.73. The summed E-state index contributed by atoms with van der Waals surface area (Å²) in [7, 11) is 0. The number of hydrogen-bond donors (Lipinski definition) is 1. The van der Waals surface area contributed by atoms with Gasteiger partial charge in [0.2, 0.25) is 0 Å². The SMILES string of the molecule is N#Cc1c(C2CCN(c3ccc(Cl)cc3)CC2)[nH]n2c(=O)c3cc(Cl)ccc3nc12. The van der Waals surface area contributed by atoms with Gasteiger partial charge in [-0.25, -0.2) is 4.98 Å². The maximum Gasteiger partial charge on any atom is 0.280 e. The molecule has 0 unspecified atom stereocenters. The molecule has 0 saturated carbocycles. The summed E-state index contributed by atoms with van der Waals surface area (Å²) in [4.78, 5) is 19.8. The van der Waals surface area contributed by atoms with Crippen LogP contribution < -0.4 is 10.5 Å². The number of halogens is 2. The Morgan fingerprint density at radius 3 is 2.47 bits per heavy atom. The number of nitriles is 1. The number of nitrogens with one attached hydrogen (secondary N) is 1. The average molecular weight is 438 g/mol. The molecule has 2 aromatic carbocycles. The van der Waals surface area contributed by atoms with Crippen molar-refractivity contribution in [3.63, 3.8) is 0 Å². The second-order valence-corrected chi connectivity index (χ2v) is 8.36. The molecule has 0 amide bonds. The van der Waals surface area contributed by atoms with E-state index in [0.717, 1.165) is 42.3 Å². The molecule has 0 aliphatic carbocycles. The molecule has 30 heavy (non-hydrogen) atoms. The molecule has 1 fully saturated rings. The molecule has 6 nitrogen and oxygen atoms in total. The van der Waals surface area contributed by atoms with Crippen molar-refractivity contribution in [3.8, 4) is 6.07 Å². The van der Waals surface area contributed by atoms with Crippen molar-refractivity contribution in [1.29, 1.82) is 5.26 Å². The monoisotopic (exact) mass is 437 g/mol. The van der Waals surface area contributed by atoms with E-state index >= 15 is 0 Å². The van der Waals surface area contributed by atoms with Crippen LogP contribution in [0.1, 0.15) is 30.0 Å². The first kappa shape index (κ1) is 19.0. The van der Waals surface area contributed by atoms with E-state index in [9.17, 15) is 10.1 Å². The van der Waals surface area contributed by atoms with Crippen LogP contribution in [0.25, 0.3) is 16.6 Å². The van der Waals surface area contributed by atoms with Crippen LogP contribution in [0.4, 0.5) is 5.69 Å². The third-order valence-electron chi connectivity index (χ3n) is 5.76. The molecule has 5 rings (SSSR count). The van der Waals surface area contributed by atoms with Gasteiger partial charge in [0.25, 0.3) is 5.56 Å². The third kappa shape index (κ3) is 3.11. The number of anilines is 1. The Morgan fingerprint density at radius 1 is 1.07 bits per heavy atom. The molecule has 1 aliphatic heterocycles. The number of fused-ring (bicyclic) bond motifs is 2. The van der Waals surface area contributed by atoms with Gasteiger partial charge in [-0.1, -0.05) is 23.2 Å². The van der Waals surface area contributed by atoms with Crippen molar-refractivity contribution in [1.82, 2.24) is 14.6 Å². The fraction of sp³-hybridized carbons (Fsp3) is 0.227. The standard InChI is InChI=1S/C22H17Cl2N5O/c23-14-1-4-16(5-2-14)28-9-7-13(8-10-28)20-18(12-25)21-26-19-6-3-15(24)11-17(19)22(30)29(21)27-20/h1-6,11,13,27H,7-10H2. The van der Waals surface area contributed by atoms with Gasteiger partial charge in [0.15, 0.2) is 5.65 Å². The molecule has 0 atom stereocenters. The lowest BCUT2D eigenvalue weighted by Gasteiger charge is -2.33. The number of aromatic amines is 1. The second-order valence-electron chi connectivity index (χ2n) is 7.49. The molecule has 1 N–H and O–H groups in total. The zero-order chi connectivity index (χ0) is 20.8. The van der Waals surface area contributed by atoms with E-state index < -0.39 is 0 Å². The molecular formula is C22H17Cl2N5O. The molecule has 8 heteroatoms. The van der Waals surface area contributed by atoms with Gasteiger partial charge in [-0.05, 0) is 55.3 Å². The van der Waals surface area contributed by atoms with Crippen molar-refractivity contribution in [2.75, 3.05) is 18.0 Å². The van der Waals surface area contributed by atoms with E-state index in [2.05, 4.69) is 21.1 Å². The lowest BCUT2D eigenvalue weighted by molar-refractivity contribution is 0.493. The maximum atomic E-state index is 13.0. The van der Waals surface area contributed by atoms with Gasteiger partial charge in [-0.3, -0.25) is 9.89 Å². The number of piperidine rings is 1. The highest BCUT2D eigenvalue weighted by atomic mass is 35.5. The fourth-order valence-corrected chi connectivity index (χ4v) is 4.51. The molecular weight excluding hydrogens is 421 g/mol. The van der Waals surface area contributed by atoms with E-state index in [1.165, 1.54) is 4.52 Å². The van der Waals surface area contributed by atoms with Gasteiger partial charge in [-0.2, -0.15) is 9.78 Å². The normalized spacial score (nSPS) is 15.0. The van der Waals surface area contributed by atoms with E-state index in [1.807, 2.05) is 24.3 Å². The highest BCUT2D eigenvalue weighted by Gasteiger charge is 2.27. The van der Waals surface area contributed by atoms with Crippen LogP contribution in [-0.2, 0) is 0 Å². The van der Waals surface area contributed by atoms with Crippen molar-refractivity contribution in [2.24, 2.45) is 0 Å². The van der Waals surface area contributed by atoms with Gasteiger partial charge in [0, 0.05) is 34.7 Å². The highest BCUT2D eigenvalue weighted by Crippen LogP contribution is 2.33. The average Bonchev–Trinajstić information content (AvgIpc) is 3.14. The van der Waals surface area contributed by atoms with Crippen molar-refractivity contribution in [2.45, 2.75) is 18.8 Å². The molecule has 3 heterocycles. The van der Waals surface area contributed by atoms with Gasteiger partial charge >= 0.3 is 0 Å². The van der Waals surface area contributed by atoms with Gasteiger partial charge < -0.3 is 4.90 Å². The first-order chi connectivity index (χ1) is 14.5. The van der Waals surface area contributed by atoms with E-state index in [0.29, 0.717) is 27.1 Å². The molecule has 1 saturated heterocycles. The number of rotatable bonds is 2. The Morgan fingerprint density at radius 2 is 1.77 bits per heavy atom. The van der Waals surface area contributed by atoms with Crippen molar-refractivity contribution >= 4 is 45.4 Å². The van der Waals surface area contributed by atoms with E-state index in [4.69, 9.17) is 23.2 Å². The van der Waals surface area contributed by atoms with E-state index in [1.54, 1.807) is 18.2 Å². The zero-order valence-electron chi connectivity index (χ0n) is 15.9. The lowest BCUT2D eigenvalue weighted by atomic mass is 9.91. The Bertz CT molecular complexity index is 1360. The largest absolute Gasteiger partial charge is 0.371 e. The molecule has 1 aliphatic rings. The summed E-state index contributed by atoms with van der Waals surface area (Å²) in [5.74, 6) is 0.149. The summed E-state index contributed by atoms with van der Waals surface area (Å²) in [6.45, 7) is 1.71. The number of nitrogens with zero attached hydrogens (tertiary/aromatic N) is 4. The van der Waals surface area contributed by atoms with Crippen LogP contribution in [0.3, 0.4) is 0 Å². The van der Waals surface area contributed by atoms with Gasteiger partial charge in [0.05, 0.1) is 16.6 Å². The second kappa shape index (κ2) is 7.35. The molecule has 0 spiro atoms. The summed E-state index contributed by atoms with van der Waals surface area (Å²) in [5.41, 5.74) is 3.00. The summed E-state index contributed by atoms with van der Waals surface area (Å²) in [5, 5.41) is 14.6. The molecule has 0 bridgehead atoms. The Kier molecular flexibility index (Phi) is 4.65. The molecule has 4 aromatic rings. The van der Waals surface area contributed by atoms with Crippen molar-refractivity contribution in [3.05, 3.63) is 74.1 Å². The number of aromatic nitrogens is 3. The summed E-state index contributed by atoms with van der Waals surface area (Å²) >= 11 is 12.0. The lowest BCUT2D eigenvalue weighted by Crippen LogP contribution is -2.33. The van der Waals surface area contributed by atoms with Crippen LogP contribution in [0, 0.1) is 11.3 Å². The first-order valence-electron chi connectivity index (χ1n) is 9.69. The Hall–Kier alpha value is -3.01. The predicted molar refractivity (Wildman–Crippen MR) is 119 cm³/mol. The molecule has 150 valence electrons. The van der Waals surface area contributed by atoms with Crippen molar-refractivity contribution < 1.29 is 0 Å². The Balaban J connectivity index is 1.51. The molecule has 2 aromatic heterocycles. The Labute approximate surface area is 182 Å². The van der Waals surface area contributed by atoms with Gasteiger partial charge in [-0.15, -0.1) is 0 Å². The zero-order valence-corrected chi connectivity index (χ0v) is 17.4. The van der Waals surface area contributed by atoms with Crippen LogP contribution in [0.5, 0.6) is 0 Å². The first-order valence-corrected chi connectivity index (χ1v) is 10.5. The van der Waals surface area contributed by atoms with Crippen LogP contribution >= 0.6 is 23.2 Å². The number of H-pyrrole nitrogens is 1. The summed E-state index contributed by atoms with van der Waals surface area (Å²) in [6, 6.07) is 15.1. The minimum Gasteiger partial charge on any atom is -0.371 e. The minimum atomic E-state index is -0.251. The quantitative estimate of drug-likeness (QED) is 0.491. The van der Waals surface area contributed by atoms with Crippen LogP contribution in [0.2, 0.25) is 10.0 Å². The topological polar surface area (TPSA) is 77.2 Å². The minimum absolute atomic E-state index is 0.149. The third-order valence-corrected chi connectivity index (χ3v) is 6.25.